The van der Waals surface area contributed by atoms with Crippen LogP contribution in [0.1, 0.15) is 22.9 Å². The summed E-state index contributed by atoms with van der Waals surface area (Å²) in [6, 6.07) is 62.4. The minimum absolute atomic E-state index is 0.250. The molecule has 1 aromatic heterocycles. The fourth-order valence-corrected chi connectivity index (χ4v) is 7.44. The number of fused-ring (bicyclic) bond motifs is 5. The molecule has 1 aliphatic rings. The van der Waals surface area contributed by atoms with Gasteiger partial charge in [-0.2, -0.15) is 0 Å². The Kier molecular flexibility index (Phi) is 6.88. The Balaban J connectivity index is 1.17. The highest BCUT2D eigenvalue weighted by Crippen LogP contribution is 2.39. The lowest BCUT2D eigenvalue weighted by Crippen LogP contribution is -2.24. The van der Waals surface area contributed by atoms with E-state index in [1.807, 2.05) is 6.07 Å². The molecule has 0 amide bonds. The molecule has 9 aromatic rings. The Bertz CT molecular complexity index is 2810. The summed E-state index contributed by atoms with van der Waals surface area (Å²) in [7, 11) is 0. The summed E-state index contributed by atoms with van der Waals surface area (Å²) in [4.78, 5) is 5.40. The molecule has 0 spiro atoms. The van der Waals surface area contributed by atoms with Gasteiger partial charge in [0.25, 0.3) is 0 Å². The lowest BCUT2D eigenvalue weighted by Gasteiger charge is -2.25. The maximum Gasteiger partial charge on any atom is 0.145 e. The summed E-state index contributed by atoms with van der Waals surface area (Å²) in [6.07, 6.45) is 1.94. The molecule has 8 aromatic carbocycles. The molecule has 0 fully saturated rings. The van der Waals surface area contributed by atoms with Gasteiger partial charge in [-0.3, -0.25) is 4.99 Å². The fourth-order valence-electron chi connectivity index (χ4n) is 7.44. The summed E-state index contributed by atoms with van der Waals surface area (Å²) in [5.41, 5.74) is 11.5. The predicted octanol–water partition coefficient (Wildman–Crippen LogP) is 12.4. The van der Waals surface area contributed by atoms with E-state index in [4.69, 9.17) is 9.41 Å². The van der Waals surface area contributed by atoms with Crippen LogP contribution < -0.4 is 5.32 Å². The van der Waals surface area contributed by atoms with Crippen molar-refractivity contribution in [3.8, 4) is 22.3 Å². The van der Waals surface area contributed by atoms with Crippen molar-refractivity contribution in [1.29, 1.82) is 0 Å². The van der Waals surface area contributed by atoms with Crippen molar-refractivity contribution in [3.63, 3.8) is 0 Å². The largest absolute Gasteiger partial charge is 0.456 e. The van der Waals surface area contributed by atoms with Gasteiger partial charge in [0, 0.05) is 22.0 Å². The highest BCUT2D eigenvalue weighted by Gasteiger charge is 2.23. The van der Waals surface area contributed by atoms with Crippen LogP contribution in [0, 0.1) is 0 Å². The van der Waals surface area contributed by atoms with Gasteiger partial charge in [-0.05, 0) is 91.3 Å². The second-order valence-electron chi connectivity index (χ2n) is 13.2. The van der Waals surface area contributed by atoms with E-state index in [2.05, 4.69) is 181 Å². The van der Waals surface area contributed by atoms with E-state index in [1.165, 1.54) is 27.3 Å². The Hall–Kier alpha value is -6.71. The minimum atomic E-state index is -0.250. The molecule has 0 saturated carbocycles. The Morgan fingerprint density at radius 1 is 0.451 bits per heavy atom. The Labute approximate surface area is 295 Å². The van der Waals surface area contributed by atoms with Crippen molar-refractivity contribution in [1.82, 2.24) is 5.32 Å². The van der Waals surface area contributed by atoms with Crippen LogP contribution in [0.25, 0.3) is 71.4 Å². The number of hydrogen-bond donors (Lipinski definition) is 1. The summed E-state index contributed by atoms with van der Waals surface area (Å²) < 4.78 is 6.72. The number of furan rings is 1. The number of allylic oxidation sites excluding steroid dienone is 1. The van der Waals surface area contributed by atoms with E-state index >= 15 is 0 Å². The van der Waals surface area contributed by atoms with Gasteiger partial charge in [-0.15, -0.1) is 0 Å². The molecule has 51 heavy (non-hydrogen) atoms. The first-order valence-corrected chi connectivity index (χ1v) is 17.4. The number of hydrogen-bond acceptors (Lipinski definition) is 3. The second-order valence-corrected chi connectivity index (χ2v) is 13.2. The van der Waals surface area contributed by atoms with E-state index in [9.17, 15) is 0 Å². The molecule has 240 valence electrons. The molecule has 0 aliphatic carbocycles. The summed E-state index contributed by atoms with van der Waals surface area (Å²) in [5, 5.41) is 10.7. The number of benzene rings is 8. The first-order valence-electron chi connectivity index (χ1n) is 17.4. The minimum Gasteiger partial charge on any atom is -0.456 e. The van der Waals surface area contributed by atoms with Crippen molar-refractivity contribution in [2.75, 3.05) is 0 Å². The molecule has 1 N–H and O–H groups in total. The van der Waals surface area contributed by atoms with Crippen LogP contribution in [0.2, 0.25) is 0 Å². The van der Waals surface area contributed by atoms with E-state index in [0.717, 1.165) is 66.6 Å². The number of rotatable bonds is 5. The summed E-state index contributed by atoms with van der Waals surface area (Å²) in [5.74, 6) is 0. The van der Waals surface area contributed by atoms with Crippen LogP contribution in [0.4, 0.5) is 0 Å². The second kappa shape index (κ2) is 12.0. The summed E-state index contributed by atoms with van der Waals surface area (Å²) >= 11 is 0. The van der Waals surface area contributed by atoms with Crippen molar-refractivity contribution < 1.29 is 4.42 Å². The van der Waals surface area contributed by atoms with Crippen LogP contribution >= 0.6 is 0 Å². The van der Waals surface area contributed by atoms with Crippen molar-refractivity contribution in [3.05, 3.63) is 199 Å². The maximum atomic E-state index is 6.72. The topological polar surface area (TPSA) is 37.5 Å². The lowest BCUT2D eigenvalue weighted by atomic mass is 9.93. The van der Waals surface area contributed by atoms with Gasteiger partial charge in [0.05, 0.1) is 5.71 Å². The zero-order chi connectivity index (χ0) is 33.7. The average Bonchev–Trinajstić information content (AvgIpc) is 3.57. The van der Waals surface area contributed by atoms with Crippen LogP contribution in [0.3, 0.4) is 0 Å². The van der Waals surface area contributed by atoms with Crippen LogP contribution in [-0.2, 0) is 0 Å². The lowest BCUT2D eigenvalue weighted by molar-refractivity contribution is 0.664. The predicted molar refractivity (Wildman–Crippen MR) is 213 cm³/mol. The number of nitrogens with one attached hydrogen (secondary N) is 1. The van der Waals surface area contributed by atoms with Gasteiger partial charge in [0.15, 0.2) is 0 Å². The maximum absolute atomic E-state index is 6.72. The monoisotopic (exact) mass is 652 g/mol. The number of aliphatic imine (C=N–C) groups is 1. The van der Waals surface area contributed by atoms with Crippen LogP contribution in [-0.4, -0.2) is 5.71 Å². The highest BCUT2D eigenvalue weighted by molar-refractivity contribution is 6.25. The quantitative estimate of drug-likeness (QED) is 0.201. The third-order valence-corrected chi connectivity index (χ3v) is 10.1. The molecule has 1 atom stereocenters. The molecule has 2 heterocycles. The molecule has 1 unspecified atom stereocenters. The van der Waals surface area contributed by atoms with Gasteiger partial charge in [-0.25, -0.2) is 0 Å². The highest BCUT2D eigenvalue weighted by atomic mass is 16.3. The molecule has 1 aliphatic heterocycles. The zero-order valence-corrected chi connectivity index (χ0v) is 27.8. The van der Waals surface area contributed by atoms with E-state index < -0.39 is 0 Å². The van der Waals surface area contributed by atoms with Crippen molar-refractivity contribution in [2.45, 2.75) is 6.17 Å². The van der Waals surface area contributed by atoms with Gasteiger partial charge in [0.2, 0.25) is 0 Å². The third kappa shape index (κ3) is 5.27. The summed E-state index contributed by atoms with van der Waals surface area (Å²) in [6.45, 7) is 0. The van der Waals surface area contributed by atoms with Gasteiger partial charge in [-0.1, -0.05) is 146 Å². The molecule has 0 radical (unpaired) electrons. The molecule has 3 heteroatoms. The smallest absolute Gasteiger partial charge is 0.145 e. The van der Waals surface area contributed by atoms with Gasteiger partial charge < -0.3 is 9.73 Å². The standard InChI is InChI=1S/C48H32N2O/c1-3-12-34(13-4-1)43-30-44(50-48(49-43)35-14-5-2-6-15-35)41-27-40(29-46-47(41)42-26-37-17-9-10-18-38(37)28-45(42)51-46)33-21-19-32(20-22-33)39-24-23-31-11-7-8-16-36(31)25-39/h1-30,48-49H. The van der Waals surface area contributed by atoms with Gasteiger partial charge >= 0.3 is 0 Å². The molecule has 3 nitrogen and oxygen atoms in total. The molecule has 10 rings (SSSR count). The van der Waals surface area contributed by atoms with Crippen molar-refractivity contribution in [2.24, 2.45) is 4.99 Å². The molecular weight excluding hydrogens is 621 g/mol. The zero-order valence-electron chi connectivity index (χ0n) is 27.8. The molecular formula is C48H32N2O. The molecule has 0 bridgehead atoms. The number of nitrogens with zero attached hydrogens (tertiary/aromatic N) is 1. The molecule has 0 saturated heterocycles. The van der Waals surface area contributed by atoms with Gasteiger partial charge in [0.1, 0.15) is 17.3 Å². The van der Waals surface area contributed by atoms with E-state index in [-0.39, 0.29) is 6.17 Å². The average molecular weight is 653 g/mol. The Morgan fingerprint density at radius 3 is 1.80 bits per heavy atom. The Morgan fingerprint density at radius 2 is 1.06 bits per heavy atom. The SMILES string of the molecule is C1=C(c2ccccc2)NC(c2ccccc2)N=C1c1cc(-c2ccc(-c3ccc4ccccc4c3)cc2)cc2oc3cc4ccccc4cc3c12. The normalized spacial score (nSPS) is 14.5. The van der Waals surface area contributed by atoms with Crippen molar-refractivity contribution >= 4 is 54.9 Å². The first-order chi connectivity index (χ1) is 25.2. The van der Waals surface area contributed by atoms with E-state index in [1.54, 1.807) is 0 Å². The third-order valence-electron chi connectivity index (χ3n) is 10.1. The first kappa shape index (κ1) is 29.2. The van der Waals surface area contributed by atoms with E-state index in [0.29, 0.717) is 0 Å². The van der Waals surface area contributed by atoms with Crippen LogP contribution in [0.15, 0.2) is 191 Å². The fraction of sp³-hybridized carbons (Fsp3) is 0.0208. The van der Waals surface area contributed by atoms with Crippen LogP contribution in [0.5, 0.6) is 0 Å².